The third-order valence-electron chi connectivity index (χ3n) is 8.71. The summed E-state index contributed by atoms with van der Waals surface area (Å²) in [6.07, 6.45) is 4.70. The lowest BCUT2D eigenvalue weighted by Crippen LogP contribution is -2.61. The zero-order valence-electron chi connectivity index (χ0n) is 16.4. The summed E-state index contributed by atoms with van der Waals surface area (Å²) in [7, 11) is 0. The Bertz CT molecular complexity index is 757. The van der Waals surface area contributed by atoms with E-state index < -0.39 is 23.5 Å². The molecule has 1 N–H and O–H groups in total. The van der Waals surface area contributed by atoms with Crippen LogP contribution in [-0.2, 0) is 14.4 Å². The number of Topliss-reactive ketones (excluding diaryl/α,β-unsaturated/α-hetero) is 2. The fourth-order valence-corrected chi connectivity index (χ4v) is 7.39. The van der Waals surface area contributed by atoms with Gasteiger partial charge in [-0.15, -0.1) is 0 Å². The lowest BCUT2D eigenvalue weighted by Gasteiger charge is -2.59. The molecule has 5 heteroatoms. The van der Waals surface area contributed by atoms with Crippen LogP contribution < -0.4 is 0 Å². The van der Waals surface area contributed by atoms with Gasteiger partial charge in [0.1, 0.15) is 11.4 Å². The molecule has 0 aliphatic heterocycles. The smallest absolute Gasteiger partial charge is 0.195 e. The molecule has 0 aromatic rings. The van der Waals surface area contributed by atoms with Gasteiger partial charge in [0, 0.05) is 24.2 Å². The first-order valence-corrected chi connectivity index (χ1v) is 10.2. The Hall–Kier alpha value is -1.36. The van der Waals surface area contributed by atoms with E-state index in [1.54, 1.807) is 6.08 Å². The van der Waals surface area contributed by atoms with Crippen molar-refractivity contribution in [3.63, 3.8) is 0 Å². The van der Waals surface area contributed by atoms with Crippen molar-refractivity contribution < 1.29 is 23.9 Å². The van der Waals surface area contributed by atoms with Gasteiger partial charge in [-0.1, -0.05) is 26.3 Å². The van der Waals surface area contributed by atoms with Crippen molar-refractivity contribution in [2.24, 2.45) is 34.5 Å². The third kappa shape index (κ3) is 2.27. The first kappa shape index (κ1) is 19.0. The number of alkyl halides is 1. The molecule has 0 spiro atoms. The van der Waals surface area contributed by atoms with E-state index in [-0.39, 0.29) is 53.5 Å². The van der Waals surface area contributed by atoms with E-state index in [1.165, 1.54) is 0 Å². The highest BCUT2D eigenvalue weighted by molar-refractivity contribution is 5.94. The van der Waals surface area contributed by atoms with Crippen LogP contribution >= 0.6 is 0 Å². The van der Waals surface area contributed by atoms with Gasteiger partial charge in [0.15, 0.2) is 18.2 Å². The van der Waals surface area contributed by atoms with Crippen LogP contribution in [-0.4, -0.2) is 34.7 Å². The van der Waals surface area contributed by atoms with E-state index in [2.05, 4.69) is 13.8 Å². The molecular formula is C22H29FO4. The van der Waals surface area contributed by atoms with Crippen molar-refractivity contribution in [3.8, 4) is 0 Å². The van der Waals surface area contributed by atoms with Crippen LogP contribution in [0.4, 0.5) is 4.39 Å². The first-order chi connectivity index (χ1) is 12.6. The molecule has 0 amide bonds. The summed E-state index contributed by atoms with van der Waals surface area (Å²) in [6.45, 7) is 4.86. The fraction of sp³-hybridized carbons (Fsp3) is 0.773. The summed E-state index contributed by atoms with van der Waals surface area (Å²) in [5.41, 5.74) is -1.85. The first-order valence-electron chi connectivity index (χ1n) is 10.2. The van der Waals surface area contributed by atoms with Crippen molar-refractivity contribution in [2.75, 3.05) is 6.67 Å². The van der Waals surface area contributed by atoms with E-state index in [4.69, 9.17) is 0 Å². The summed E-state index contributed by atoms with van der Waals surface area (Å²) in [5.74, 6) is -0.444. The van der Waals surface area contributed by atoms with Crippen LogP contribution in [0, 0.1) is 34.5 Å². The van der Waals surface area contributed by atoms with E-state index in [9.17, 15) is 23.9 Å². The Balaban J connectivity index is 1.78. The van der Waals surface area contributed by atoms with Gasteiger partial charge in [-0.25, -0.2) is 4.39 Å². The molecule has 3 saturated carbocycles. The van der Waals surface area contributed by atoms with Crippen LogP contribution in [0.1, 0.15) is 59.3 Å². The largest absolute Gasteiger partial charge is 0.381 e. The van der Waals surface area contributed by atoms with Crippen LogP contribution in [0.15, 0.2) is 11.6 Å². The number of carbonyl (C=O) groups excluding carboxylic acids is 3. The number of hydrogen-bond acceptors (Lipinski definition) is 4. The van der Waals surface area contributed by atoms with Crippen LogP contribution in [0.25, 0.3) is 0 Å². The molecule has 4 aliphatic carbocycles. The van der Waals surface area contributed by atoms with Crippen molar-refractivity contribution >= 4 is 17.3 Å². The van der Waals surface area contributed by atoms with E-state index in [0.717, 1.165) is 12.0 Å². The van der Waals surface area contributed by atoms with E-state index >= 15 is 0 Å². The molecule has 0 heterocycles. The van der Waals surface area contributed by atoms with Crippen molar-refractivity contribution in [3.05, 3.63) is 11.6 Å². The van der Waals surface area contributed by atoms with Crippen LogP contribution in [0.2, 0.25) is 0 Å². The summed E-state index contributed by atoms with van der Waals surface area (Å²) >= 11 is 0. The number of ketones is 3. The number of fused-ring (bicyclic) bond motifs is 5. The highest BCUT2D eigenvalue weighted by Crippen LogP contribution is 2.67. The van der Waals surface area contributed by atoms with Crippen molar-refractivity contribution in [2.45, 2.75) is 64.9 Å². The quantitative estimate of drug-likeness (QED) is 0.803. The second kappa shape index (κ2) is 5.82. The Kier molecular flexibility index (Phi) is 4.09. The van der Waals surface area contributed by atoms with Gasteiger partial charge >= 0.3 is 0 Å². The minimum absolute atomic E-state index is 0.0270. The molecule has 3 fully saturated rings. The fourth-order valence-electron chi connectivity index (χ4n) is 7.39. The number of rotatable bonds is 2. The van der Waals surface area contributed by atoms with Gasteiger partial charge in [0.25, 0.3) is 0 Å². The van der Waals surface area contributed by atoms with Gasteiger partial charge in [-0.05, 0) is 54.9 Å². The summed E-state index contributed by atoms with van der Waals surface area (Å²) in [4.78, 5) is 37.7. The molecule has 0 aromatic heterocycles. The Morgan fingerprint density at radius 3 is 2.67 bits per heavy atom. The molecule has 4 rings (SSSR count). The minimum Gasteiger partial charge on any atom is -0.381 e. The SMILES string of the molecule is CC1C[C@@H]2[C@H](C(=O)C[C@@]3(C)[C@H]2CC[C@]3(O)C(=O)CF)[C@@]2(C)CCC(=O)C=C12. The molecule has 0 radical (unpaired) electrons. The summed E-state index contributed by atoms with van der Waals surface area (Å²) < 4.78 is 13.2. The van der Waals surface area contributed by atoms with Crippen LogP contribution in [0.5, 0.6) is 0 Å². The molecule has 0 bridgehead atoms. The Morgan fingerprint density at radius 1 is 1.30 bits per heavy atom. The molecular weight excluding hydrogens is 347 g/mol. The second-order valence-corrected chi connectivity index (χ2v) is 9.88. The maximum atomic E-state index is 13.4. The maximum absolute atomic E-state index is 13.4. The number of allylic oxidation sites excluding steroid dienone is 1. The predicted octanol–water partition coefficient (Wildman–Crippen LogP) is 3.21. The summed E-state index contributed by atoms with van der Waals surface area (Å²) in [5, 5.41) is 11.1. The molecule has 7 atom stereocenters. The third-order valence-corrected chi connectivity index (χ3v) is 8.71. The molecule has 1 unspecified atom stereocenters. The van der Waals surface area contributed by atoms with E-state index in [0.29, 0.717) is 19.3 Å². The molecule has 27 heavy (non-hydrogen) atoms. The monoisotopic (exact) mass is 376 g/mol. The van der Waals surface area contributed by atoms with Gasteiger partial charge in [-0.2, -0.15) is 0 Å². The van der Waals surface area contributed by atoms with Gasteiger partial charge in [0.05, 0.1) is 0 Å². The number of hydrogen-bond donors (Lipinski definition) is 1. The number of carbonyl (C=O) groups is 3. The lowest BCUT2D eigenvalue weighted by atomic mass is 9.44. The molecule has 148 valence electrons. The lowest BCUT2D eigenvalue weighted by molar-refractivity contribution is -0.170. The number of aliphatic hydroxyl groups is 1. The van der Waals surface area contributed by atoms with E-state index in [1.807, 2.05) is 6.92 Å². The molecule has 4 nitrogen and oxygen atoms in total. The van der Waals surface area contributed by atoms with Crippen LogP contribution in [0.3, 0.4) is 0 Å². The second-order valence-electron chi connectivity index (χ2n) is 9.88. The van der Waals surface area contributed by atoms with Gasteiger partial charge in [0.2, 0.25) is 0 Å². The topological polar surface area (TPSA) is 71.4 Å². The zero-order chi connectivity index (χ0) is 19.8. The van der Waals surface area contributed by atoms with Gasteiger partial charge < -0.3 is 5.11 Å². The normalized spacial score (nSPS) is 49.1. The highest BCUT2D eigenvalue weighted by atomic mass is 19.1. The number of halogens is 1. The zero-order valence-corrected chi connectivity index (χ0v) is 16.4. The molecule has 0 saturated heterocycles. The molecule has 4 aliphatic rings. The maximum Gasteiger partial charge on any atom is 0.195 e. The van der Waals surface area contributed by atoms with Crippen molar-refractivity contribution in [1.82, 2.24) is 0 Å². The van der Waals surface area contributed by atoms with Crippen molar-refractivity contribution in [1.29, 1.82) is 0 Å². The minimum atomic E-state index is -1.74. The predicted molar refractivity (Wildman–Crippen MR) is 97.6 cm³/mol. The van der Waals surface area contributed by atoms with Gasteiger partial charge in [-0.3, -0.25) is 14.4 Å². The average molecular weight is 376 g/mol. The highest BCUT2D eigenvalue weighted by Gasteiger charge is 2.68. The molecule has 0 aromatic carbocycles. The average Bonchev–Trinajstić information content (AvgIpc) is 2.87. The summed E-state index contributed by atoms with van der Waals surface area (Å²) in [6, 6.07) is 0. The Labute approximate surface area is 159 Å². The standard InChI is InChI=1S/C22H29FO4/c1-12-8-14-15-5-7-22(27,18(26)11-23)21(15,3)10-17(25)19(14)20(2)6-4-13(24)9-16(12)20/h9,12,14-15,19,27H,4-8,10-11H2,1-3H3/t12?,14-,15-,19+,20-,21-,22-/m0/s1. The Morgan fingerprint density at radius 2 is 2.00 bits per heavy atom.